The van der Waals surface area contributed by atoms with Gasteiger partial charge in [0.05, 0.1) is 6.26 Å². The van der Waals surface area contributed by atoms with Crippen LogP contribution in [0.3, 0.4) is 0 Å². The van der Waals surface area contributed by atoms with Gasteiger partial charge in [-0.2, -0.15) is 0 Å². The first-order valence-electron chi connectivity index (χ1n) is 8.52. The number of benzene rings is 2. The van der Waals surface area contributed by atoms with Gasteiger partial charge in [0, 0.05) is 34.6 Å². The third-order valence-corrected chi connectivity index (χ3v) is 4.60. The largest absolute Gasteiger partial charge is 0.489 e. The fraction of sp³-hybridized carbons (Fsp3) is 0.182. The van der Waals surface area contributed by atoms with Crippen LogP contribution < -0.4 is 4.74 Å². The van der Waals surface area contributed by atoms with Crippen molar-refractivity contribution in [3.05, 3.63) is 78.0 Å². The molecule has 0 amide bonds. The lowest BCUT2D eigenvalue weighted by Crippen LogP contribution is -2.17. The molecule has 3 rings (SSSR count). The van der Waals surface area contributed by atoms with E-state index in [4.69, 9.17) is 9.15 Å². The Labute approximate surface area is 162 Å². The van der Waals surface area contributed by atoms with Gasteiger partial charge in [-0.05, 0) is 36.9 Å². The van der Waals surface area contributed by atoms with E-state index in [0.717, 1.165) is 45.4 Å². The molecule has 0 unspecified atom stereocenters. The molecule has 0 fully saturated rings. The van der Waals surface area contributed by atoms with Gasteiger partial charge in [-0.15, -0.1) is 6.58 Å². The van der Waals surface area contributed by atoms with Crippen molar-refractivity contribution >= 4 is 26.9 Å². The molecule has 0 radical (unpaired) electrons. The summed E-state index contributed by atoms with van der Waals surface area (Å²) in [5.74, 6) is 0.804. The van der Waals surface area contributed by atoms with Crippen LogP contribution in [0.1, 0.15) is 0 Å². The quantitative estimate of drug-likeness (QED) is 0.430. The molecule has 0 bridgehead atoms. The van der Waals surface area contributed by atoms with Gasteiger partial charge in [-0.25, -0.2) is 0 Å². The smallest absolute Gasteiger partial charge is 0.138 e. The van der Waals surface area contributed by atoms with E-state index in [1.165, 1.54) is 0 Å². The molecule has 0 N–H and O–H groups in total. The molecule has 3 aromatic rings. The second-order valence-electron chi connectivity index (χ2n) is 6.11. The van der Waals surface area contributed by atoms with Crippen molar-refractivity contribution in [2.75, 3.05) is 26.7 Å². The molecule has 0 aliphatic rings. The molecule has 0 aliphatic heterocycles. The number of furan rings is 1. The second-order valence-corrected chi connectivity index (χ2v) is 7.02. The van der Waals surface area contributed by atoms with E-state index >= 15 is 0 Å². The molecule has 3 nitrogen and oxygen atoms in total. The zero-order valence-corrected chi connectivity index (χ0v) is 16.4. The number of nitrogens with zero attached hydrogens (tertiary/aromatic N) is 1. The zero-order chi connectivity index (χ0) is 18.4. The van der Waals surface area contributed by atoms with Crippen molar-refractivity contribution in [3.63, 3.8) is 0 Å². The number of rotatable bonds is 8. The number of halogens is 1. The van der Waals surface area contributed by atoms with Crippen molar-refractivity contribution in [1.82, 2.24) is 4.90 Å². The standard InChI is InChI=1S/C22H22BrNO2/c1-3-12-24(2)13-4-5-14-25-19-10-11-20-21(16-26-22(20)15-19)17-6-8-18(23)9-7-17/h3-11,15-16H,1,12-14H2,2H3. The Morgan fingerprint density at radius 3 is 2.69 bits per heavy atom. The maximum Gasteiger partial charge on any atom is 0.138 e. The van der Waals surface area contributed by atoms with Crippen LogP contribution in [0.2, 0.25) is 0 Å². The second kappa shape index (κ2) is 8.88. The summed E-state index contributed by atoms with van der Waals surface area (Å²) in [6, 6.07) is 14.2. The Kier molecular flexibility index (Phi) is 6.31. The van der Waals surface area contributed by atoms with Crippen molar-refractivity contribution < 1.29 is 9.15 Å². The summed E-state index contributed by atoms with van der Waals surface area (Å²) in [5, 5.41) is 1.08. The van der Waals surface area contributed by atoms with Crippen molar-refractivity contribution in [2.45, 2.75) is 0 Å². The minimum Gasteiger partial charge on any atom is -0.489 e. The van der Waals surface area contributed by atoms with E-state index in [0.29, 0.717) is 6.61 Å². The Morgan fingerprint density at radius 1 is 1.12 bits per heavy atom. The normalized spacial score (nSPS) is 11.5. The van der Waals surface area contributed by atoms with Crippen LogP contribution in [0.25, 0.3) is 22.1 Å². The molecule has 1 heterocycles. The van der Waals surface area contributed by atoms with Gasteiger partial charge in [0.2, 0.25) is 0 Å². The molecule has 1 aromatic heterocycles. The number of fused-ring (bicyclic) bond motifs is 1. The predicted molar refractivity (Wildman–Crippen MR) is 112 cm³/mol. The first kappa shape index (κ1) is 18.5. The van der Waals surface area contributed by atoms with Crippen LogP contribution in [0, 0.1) is 0 Å². The van der Waals surface area contributed by atoms with Crippen molar-refractivity contribution in [3.8, 4) is 16.9 Å². The number of likely N-dealkylation sites (N-methyl/N-ethyl adjacent to an activating group) is 1. The van der Waals surface area contributed by atoms with E-state index < -0.39 is 0 Å². The minimum atomic E-state index is 0.535. The van der Waals surface area contributed by atoms with Crippen LogP contribution >= 0.6 is 15.9 Å². The maximum atomic E-state index is 5.79. The van der Waals surface area contributed by atoms with Gasteiger partial charge in [0.15, 0.2) is 0 Å². The highest BCUT2D eigenvalue weighted by atomic mass is 79.9. The summed E-state index contributed by atoms with van der Waals surface area (Å²) < 4.78 is 12.6. The average Bonchev–Trinajstić information content (AvgIpc) is 3.05. The SMILES string of the molecule is C=CCN(C)CC=CCOc1ccc2c(-c3ccc(Br)cc3)coc2c1. The van der Waals surface area contributed by atoms with Crippen LogP contribution in [-0.4, -0.2) is 31.6 Å². The lowest BCUT2D eigenvalue weighted by Gasteiger charge is -2.10. The highest BCUT2D eigenvalue weighted by molar-refractivity contribution is 9.10. The molecule has 2 aromatic carbocycles. The van der Waals surface area contributed by atoms with E-state index in [1.54, 1.807) is 6.26 Å². The average molecular weight is 412 g/mol. The molecule has 0 aliphatic carbocycles. The van der Waals surface area contributed by atoms with Gasteiger partial charge >= 0.3 is 0 Å². The molecular weight excluding hydrogens is 390 g/mol. The Morgan fingerprint density at radius 2 is 1.92 bits per heavy atom. The molecule has 0 saturated heterocycles. The van der Waals surface area contributed by atoms with Crippen molar-refractivity contribution in [1.29, 1.82) is 0 Å². The fourth-order valence-electron chi connectivity index (χ4n) is 2.71. The van der Waals surface area contributed by atoms with Crippen molar-refractivity contribution in [2.24, 2.45) is 0 Å². The topological polar surface area (TPSA) is 25.6 Å². The van der Waals surface area contributed by atoms with Gasteiger partial charge in [0.1, 0.15) is 17.9 Å². The van der Waals surface area contributed by atoms with E-state index in [1.807, 2.05) is 42.5 Å². The summed E-state index contributed by atoms with van der Waals surface area (Å²) in [6.07, 6.45) is 7.82. The van der Waals surface area contributed by atoms with Crippen LogP contribution in [0.15, 0.2) is 82.4 Å². The molecule has 4 heteroatoms. The third kappa shape index (κ3) is 4.65. The number of ether oxygens (including phenoxy) is 1. The molecule has 0 saturated carbocycles. The Balaban J connectivity index is 1.64. The van der Waals surface area contributed by atoms with Crippen LogP contribution in [0.4, 0.5) is 0 Å². The van der Waals surface area contributed by atoms with Gasteiger partial charge < -0.3 is 9.15 Å². The number of hydrogen-bond acceptors (Lipinski definition) is 3. The zero-order valence-electron chi connectivity index (χ0n) is 14.8. The van der Waals surface area contributed by atoms with Gasteiger partial charge in [-0.1, -0.05) is 46.3 Å². The molecule has 134 valence electrons. The molecular formula is C22H22BrNO2. The lowest BCUT2D eigenvalue weighted by atomic mass is 10.1. The summed E-state index contributed by atoms with van der Waals surface area (Å²) in [4.78, 5) is 2.17. The first-order chi connectivity index (χ1) is 12.7. The van der Waals surface area contributed by atoms with E-state index in [2.05, 4.69) is 52.7 Å². The fourth-order valence-corrected chi connectivity index (χ4v) is 2.98. The highest BCUT2D eigenvalue weighted by Gasteiger charge is 2.09. The van der Waals surface area contributed by atoms with E-state index in [-0.39, 0.29) is 0 Å². The summed E-state index contributed by atoms with van der Waals surface area (Å²) in [5.41, 5.74) is 3.05. The monoisotopic (exact) mass is 411 g/mol. The Bertz CT molecular complexity index is 896. The summed E-state index contributed by atoms with van der Waals surface area (Å²) in [6.45, 7) is 6.02. The van der Waals surface area contributed by atoms with E-state index in [9.17, 15) is 0 Å². The molecule has 0 spiro atoms. The first-order valence-corrected chi connectivity index (χ1v) is 9.31. The predicted octanol–water partition coefficient (Wildman–Crippen LogP) is 5.92. The summed E-state index contributed by atoms with van der Waals surface area (Å²) >= 11 is 3.47. The third-order valence-electron chi connectivity index (χ3n) is 4.07. The Hall–Kier alpha value is -2.30. The van der Waals surface area contributed by atoms with Gasteiger partial charge in [0.25, 0.3) is 0 Å². The molecule has 26 heavy (non-hydrogen) atoms. The molecule has 0 atom stereocenters. The highest BCUT2D eigenvalue weighted by Crippen LogP contribution is 2.33. The minimum absolute atomic E-state index is 0.535. The van der Waals surface area contributed by atoms with Crippen LogP contribution in [-0.2, 0) is 0 Å². The maximum absolute atomic E-state index is 5.79. The van der Waals surface area contributed by atoms with Crippen LogP contribution in [0.5, 0.6) is 5.75 Å². The number of hydrogen-bond donors (Lipinski definition) is 0. The lowest BCUT2D eigenvalue weighted by molar-refractivity contribution is 0.360. The van der Waals surface area contributed by atoms with Gasteiger partial charge in [-0.3, -0.25) is 4.90 Å². The summed E-state index contributed by atoms with van der Waals surface area (Å²) in [7, 11) is 2.06.